The van der Waals surface area contributed by atoms with Crippen molar-refractivity contribution in [1.82, 2.24) is 0 Å². The van der Waals surface area contributed by atoms with Gasteiger partial charge in [-0.3, -0.25) is 0 Å². The third-order valence-corrected chi connectivity index (χ3v) is 2.74. The van der Waals surface area contributed by atoms with Gasteiger partial charge in [0.1, 0.15) is 12.4 Å². The zero-order valence-electron chi connectivity index (χ0n) is 9.03. The molecule has 0 heterocycles. The lowest BCUT2D eigenvalue weighted by atomic mass is 10.2. The lowest BCUT2D eigenvalue weighted by Gasteiger charge is -2.05. The van der Waals surface area contributed by atoms with Crippen LogP contribution < -0.4 is 5.73 Å². The molecule has 0 bridgehead atoms. The number of benzene rings is 1. The minimum Gasteiger partial charge on any atom is -0.461 e. The first kappa shape index (κ1) is 12.8. The molecule has 1 rings (SSSR count). The second-order valence-corrected chi connectivity index (χ2v) is 4.47. The number of rotatable bonds is 5. The molecule has 0 aromatic heterocycles. The van der Waals surface area contributed by atoms with Crippen molar-refractivity contribution in [3.05, 3.63) is 29.6 Å². The van der Waals surface area contributed by atoms with Crippen molar-refractivity contribution in [1.29, 1.82) is 0 Å². The van der Waals surface area contributed by atoms with E-state index < -0.39 is 11.8 Å². The number of hydrogen-bond acceptors (Lipinski definition) is 4. The molecule has 0 aliphatic carbocycles. The Labute approximate surface area is 98.2 Å². The molecule has 2 N–H and O–H groups in total. The molecule has 3 nitrogen and oxygen atoms in total. The number of nitrogen functional groups attached to an aromatic ring is 1. The average Bonchev–Trinajstić information content (AvgIpc) is 2.27. The molecule has 0 saturated heterocycles. The maximum absolute atomic E-state index is 13.2. The van der Waals surface area contributed by atoms with E-state index in [0.717, 1.165) is 11.8 Å². The van der Waals surface area contributed by atoms with Crippen LogP contribution in [0.15, 0.2) is 18.2 Å². The van der Waals surface area contributed by atoms with Crippen molar-refractivity contribution in [3.63, 3.8) is 0 Å². The Hall–Kier alpha value is -1.23. The van der Waals surface area contributed by atoms with Crippen molar-refractivity contribution in [2.45, 2.75) is 6.92 Å². The zero-order valence-corrected chi connectivity index (χ0v) is 9.85. The van der Waals surface area contributed by atoms with Crippen molar-refractivity contribution < 1.29 is 13.9 Å². The number of carbonyl (C=O) groups is 1. The fraction of sp³-hybridized carbons (Fsp3) is 0.364. The molecule has 88 valence electrons. The summed E-state index contributed by atoms with van der Waals surface area (Å²) in [6, 6.07) is 3.84. The molecule has 0 unspecified atom stereocenters. The Balaban J connectivity index is 2.55. The minimum atomic E-state index is -0.665. The Bertz CT molecular complexity index is 371. The Morgan fingerprint density at radius 3 is 3.00 bits per heavy atom. The van der Waals surface area contributed by atoms with Crippen LogP contribution in [-0.2, 0) is 4.74 Å². The monoisotopic (exact) mass is 243 g/mol. The molecule has 1 aromatic carbocycles. The van der Waals surface area contributed by atoms with Gasteiger partial charge in [0, 0.05) is 11.4 Å². The number of anilines is 1. The van der Waals surface area contributed by atoms with E-state index in [4.69, 9.17) is 10.5 Å². The van der Waals surface area contributed by atoms with Gasteiger partial charge in [-0.2, -0.15) is 11.8 Å². The van der Waals surface area contributed by atoms with Crippen LogP contribution in [0.1, 0.15) is 17.3 Å². The molecule has 0 fully saturated rings. The number of ether oxygens (including phenoxy) is 1. The Kier molecular flexibility index (Phi) is 5.11. The summed E-state index contributed by atoms with van der Waals surface area (Å²) in [7, 11) is 0. The molecular weight excluding hydrogens is 229 g/mol. The Morgan fingerprint density at radius 1 is 1.56 bits per heavy atom. The molecule has 0 radical (unpaired) electrons. The molecule has 0 amide bonds. The van der Waals surface area contributed by atoms with E-state index in [-0.39, 0.29) is 12.2 Å². The maximum atomic E-state index is 13.2. The predicted molar refractivity (Wildman–Crippen MR) is 64.1 cm³/mol. The van der Waals surface area contributed by atoms with Gasteiger partial charge in [-0.05, 0) is 24.0 Å². The van der Waals surface area contributed by atoms with Crippen LogP contribution in [0.25, 0.3) is 0 Å². The summed E-state index contributed by atoms with van der Waals surface area (Å²) in [5, 5.41) is 0. The SMILES string of the molecule is CCSCCOC(=O)c1cc(N)ccc1F. The zero-order chi connectivity index (χ0) is 12.0. The number of halogens is 1. The largest absolute Gasteiger partial charge is 0.461 e. The van der Waals surface area contributed by atoms with Crippen molar-refractivity contribution in [2.24, 2.45) is 0 Å². The summed E-state index contributed by atoms with van der Waals surface area (Å²) < 4.78 is 18.1. The first-order valence-corrected chi connectivity index (χ1v) is 6.10. The van der Waals surface area contributed by atoms with Crippen LogP contribution in [0.2, 0.25) is 0 Å². The third-order valence-electron chi connectivity index (χ3n) is 1.88. The van der Waals surface area contributed by atoms with Gasteiger partial charge in [-0.25, -0.2) is 9.18 Å². The number of hydrogen-bond donors (Lipinski definition) is 1. The lowest BCUT2D eigenvalue weighted by Crippen LogP contribution is -2.10. The summed E-state index contributed by atoms with van der Waals surface area (Å²) in [4.78, 5) is 11.5. The van der Waals surface area contributed by atoms with Gasteiger partial charge in [0.15, 0.2) is 0 Å². The average molecular weight is 243 g/mol. The van der Waals surface area contributed by atoms with Gasteiger partial charge >= 0.3 is 5.97 Å². The van der Waals surface area contributed by atoms with Gasteiger partial charge in [0.25, 0.3) is 0 Å². The number of carbonyl (C=O) groups excluding carboxylic acids is 1. The highest BCUT2D eigenvalue weighted by atomic mass is 32.2. The normalized spacial score (nSPS) is 10.1. The lowest BCUT2D eigenvalue weighted by molar-refractivity contribution is 0.0525. The smallest absolute Gasteiger partial charge is 0.341 e. The first-order chi connectivity index (χ1) is 7.65. The third kappa shape index (κ3) is 3.73. The highest BCUT2D eigenvalue weighted by molar-refractivity contribution is 7.99. The number of thioether (sulfide) groups is 1. The molecular formula is C11H14FNO2S. The van der Waals surface area contributed by atoms with Gasteiger partial charge in [0.05, 0.1) is 5.56 Å². The fourth-order valence-electron chi connectivity index (χ4n) is 1.11. The van der Waals surface area contributed by atoms with Crippen LogP contribution in [0.3, 0.4) is 0 Å². The quantitative estimate of drug-likeness (QED) is 0.490. The number of esters is 1. The van der Waals surface area contributed by atoms with Gasteiger partial charge in [-0.15, -0.1) is 0 Å². The summed E-state index contributed by atoms with van der Waals surface area (Å²) >= 11 is 1.66. The van der Waals surface area contributed by atoms with Crippen molar-refractivity contribution in [3.8, 4) is 0 Å². The van der Waals surface area contributed by atoms with Crippen LogP contribution in [0.4, 0.5) is 10.1 Å². The van der Waals surface area contributed by atoms with E-state index in [2.05, 4.69) is 0 Å². The van der Waals surface area contributed by atoms with Gasteiger partial charge in [0.2, 0.25) is 0 Å². The second kappa shape index (κ2) is 6.37. The van der Waals surface area contributed by atoms with Gasteiger partial charge in [-0.1, -0.05) is 6.92 Å². The minimum absolute atomic E-state index is 0.110. The Morgan fingerprint density at radius 2 is 2.31 bits per heavy atom. The number of nitrogens with two attached hydrogens (primary N) is 1. The van der Waals surface area contributed by atoms with Crippen LogP contribution >= 0.6 is 11.8 Å². The van der Waals surface area contributed by atoms with E-state index in [1.165, 1.54) is 12.1 Å². The topological polar surface area (TPSA) is 52.3 Å². The molecule has 0 atom stereocenters. The molecule has 0 saturated carbocycles. The van der Waals surface area contributed by atoms with Crippen LogP contribution in [-0.4, -0.2) is 24.1 Å². The molecule has 0 spiro atoms. The summed E-state index contributed by atoms with van der Waals surface area (Å²) in [5.74, 6) is 0.403. The van der Waals surface area contributed by atoms with E-state index in [1.807, 2.05) is 6.92 Å². The van der Waals surface area contributed by atoms with Crippen LogP contribution in [0, 0.1) is 5.82 Å². The van der Waals surface area contributed by atoms with E-state index in [9.17, 15) is 9.18 Å². The van der Waals surface area contributed by atoms with Crippen LogP contribution in [0.5, 0.6) is 0 Å². The van der Waals surface area contributed by atoms with E-state index in [0.29, 0.717) is 11.4 Å². The summed E-state index contributed by atoms with van der Waals surface area (Å²) in [6.45, 7) is 2.30. The molecule has 0 aliphatic heterocycles. The highest BCUT2D eigenvalue weighted by Gasteiger charge is 2.13. The maximum Gasteiger partial charge on any atom is 0.341 e. The highest BCUT2D eigenvalue weighted by Crippen LogP contribution is 2.13. The fourth-order valence-corrected chi connectivity index (χ4v) is 1.60. The molecule has 1 aromatic rings. The van der Waals surface area contributed by atoms with Crippen molar-refractivity contribution in [2.75, 3.05) is 23.8 Å². The standard InChI is InChI=1S/C11H14FNO2S/c1-2-16-6-5-15-11(14)9-7-8(13)3-4-10(9)12/h3-4,7H,2,5-6,13H2,1H3. The molecule has 0 aliphatic rings. The summed E-state index contributed by atoms with van der Waals surface area (Å²) in [5.41, 5.74) is 5.70. The molecule has 5 heteroatoms. The van der Waals surface area contributed by atoms with Crippen molar-refractivity contribution >= 4 is 23.4 Å². The first-order valence-electron chi connectivity index (χ1n) is 4.95. The summed E-state index contributed by atoms with van der Waals surface area (Å²) in [6.07, 6.45) is 0. The predicted octanol–water partition coefficient (Wildman–Crippen LogP) is 2.32. The van der Waals surface area contributed by atoms with E-state index >= 15 is 0 Å². The van der Waals surface area contributed by atoms with E-state index in [1.54, 1.807) is 11.8 Å². The second-order valence-electron chi connectivity index (χ2n) is 3.07. The molecule has 16 heavy (non-hydrogen) atoms. The van der Waals surface area contributed by atoms with Gasteiger partial charge < -0.3 is 10.5 Å².